The normalized spacial score (nSPS) is 48.5. The fraction of sp³-hybridized carbons (Fsp3) is 1.00. The van der Waals surface area contributed by atoms with E-state index >= 15 is 0 Å². The SMILES string of the molecule is [B][C@@H]1O[C@@]2(COC)COC1C2. The lowest BCUT2D eigenvalue weighted by molar-refractivity contribution is -0.134. The lowest BCUT2D eigenvalue weighted by Gasteiger charge is -2.28. The summed E-state index contributed by atoms with van der Waals surface area (Å²) in [4.78, 5) is 0. The fourth-order valence-electron chi connectivity index (χ4n) is 1.80. The van der Waals surface area contributed by atoms with Crippen molar-refractivity contribution in [2.24, 2.45) is 0 Å². The number of methoxy groups -OCH3 is 1. The molecule has 3 nitrogen and oxygen atoms in total. The van der Waals surface area contributed by atoms with Gasteiger partial charge in [-0.05, 0) is 0 Å². The minimum atomic E-state index is -0.251. The number of rotatable bonds is 2. The van der Waals surface area contributed by atoms with Crippen LogP contribution in [0.4, 0.5) is 0 Å². The minimum absolute atomic E-state index is 0.0881. The van der Waals surface area contributed by atoms with Crippen molar-refractivity contribution in [3.05, 3.63) is 0 Å². The Morgan fingerprint density at radius 1 is 1.73 bits per heavy atom. The molecule has 0 amide bonds. The van der Waals surface area contributed by atoms with Crippen LogP contribution < -0.4 is 0 Å². The van der Waals surface area contributed by atoms with Gasteiger partial charge in [0.25, 0.3) is 0 Å². The largest absolute Gasteiger partial charge is 0.382 e. The van der Waals surface area contributed by atoms with Gasteiger partial charge in [-0.3, -0.25) is 0 Å². The quantitative estimate of drug-likeness (QED) is 0.510. The Morgan fingerprint density at radius 2 is 2.55 bits per heavy atom. The molecule has 2 rings (SSSR count). The van der Waals surface area contributed by atoms with Crippen molar-refractivity contribution in [1.82, 2.24) is 0 Å². The van der Waals surface area contributed by atoms with E-state index in [0.29, 0.717) is 13.2 Å². The number of ether oxygens (including phenoxy) is 3. The molecule has 2 saturated heterocycles. The van der Waals surface area contributed by atoms with E-state index in [1.54, 1.807) is 7.11 Å². The van der Waals surface area contributed by atoms with E-state index in [-0.39, 0.29) is 17.7 Å². The molecule has 1 unspecified atom stereocenters. The minimum Gasteiger partial charge on any atom is -0.382 e. The van der Waals surface area contributed by atoms with Crippen LogP contribution in [0.25, 0.3) is 0 Å². The highest BCUT2D eigenvalue weighted by Gasteiger charge is 2.51. The third kappa shape index (κ3) is 1.09. The van der Waals surface area contributed by atoms with E-state index in [1.165, 1.54) is 0 Å². The predicted molar refractivity (Wildman–Crippen MR) is 39.6 cm³/mol. The van der Waals surface area contributed by atoms with Gasteiger partial charge in [-0.2, -0.15) is 0 Å². The van der Waals surface area contributed by atoms with Crippen LogP contribution in [0.3, 0.4) is 0 Å². The van der Waals surface area contributed by atoms with Crippen molar-refractivity contribution in [2.45, 2.75) is 24.1 Å². The highest BCUT2D eigenvalue weighted by Crippen LogP contribution is 2.38. The third-order valence-electron chi connectivity index (χ3n) is 2.29. The van der Waals surface area contributed by atoms with E-state index in [9.17, 15) is 0 Å². The topological polar surface area (TPSA) is 27.7 Å². The number of hydrogen-bond acceptors (Lipinski definition) is 3. The third-order valence-corrected chi connectivity index (χ3v) is 2.29. The van der Waals surface area contributed by atoms with E-state index < -0.39 is 0 Å². The second-order valence-corrected chi connectivity index (χ2v) is 3.25. The van der Waals surface area contributed by atoms with Gasteiger partial charge in [0, 0.05) is 19.5 Å². The number of fused-ring (bicyclic) bond motifs is 2. The molecule has 11 heavy (non-hydrogen) atoms. The van der Waals surface area contributed by atoms with Gasteiger partial charge in [0.15, 0.2) is 0 Å². The van der Waals surface area contributed by atoms with Crippen molar-refractivity contribution in [3.8, 4) is 0 Å². The molecular weight excluding hydrogens is 143 g/mol. The summed E-state index contributed by atoms with van der Waals surface area (Å²) in [6.07, 6.45) is 0.965. The molecule has 0 saturated carbocycles. The van der Waals surface area contributed by atoms with Crippen LogP contribution in [0.5, 0.6) is 0 Å². The zero-order chi connectivity index (χ0) is 7.90. The zero-order valence-electron chi connectivity index (χ0n) is 6.58. The van der Waals surface area contributed by atoms with Crippen LogP contribution in [0, 0.1) is 0 Å². The molecule has 60 valence electrons. The number of hydrogen-bond donors (Lipinski definition) is 0. The molecule has 3 atom stereocenters. The van der Waals surface area contributed by atoms with Gasteiger partial charge in [0.2, 0.25) is 0 Å². The molecule has 0 N–H and O–H groups in total. The first-order chi connectivity index (χ1) is 5.26. The monoisotopic (exact) mass is 154 g/mol. The molecule has 0 aromatic heterocycles. The molecule has 2 radical (unpaired) electrons. The summed E-state index contributed by atoms with van der Waals surface area (Å²) in [6.45, 7) is 1.20. The van der Waals surface area contributed by atoms with Gasteiger partial charge in [-0.25, -0.2) is 0 Å². The summed E-state index contributed by atoms with van der Waals surface area (Å²) in [5, 5.41) is 0. The maximum Gasteiger partial charge on any atom is 0.117 e. The van der Waals surface area contributed by atoms with E-state index in [2.05, 4.69) is 0 Å². The molecule has 0 aliphatic carbocycles. The first kappa shape index (κ1) is 7.59. The highest BCUT2D eigenvalue weighted by molar-refractivity contribution is 6.11. The van der Waals surface area contributed by atoms with Crippen LogP contribution in [0.2, 0.25) is 0 Å². The summed E-state index contributed by atoms with van der Waals surface area (Å²) in [5.74, 6) is 0. The Hall–Kier alpha value is -0.0551. The van der Waals surface area contributed by atoms with Crippen molar-refractivity contribution in [2.75, 3.05) is 20.3 Å². The Bertz CT molecular complexity index is 160. The maximum absolute atomic E-state index is 5.63. The second-order valence-electron chi connectivity index (χ2n) is 3.25. The standard InChI is InChI=1S/C7H11BO3/c1-9-3-7-2-5(10-4-7)6(8)11-7/h5-6H,2-4H2,1H3/t5?,6-,7+/m1/s1. The summed E-state index contributed by atoms with van der Waals surface area (Å²) >= 11 is 0. The van der Waals surface area contributed by atoms with Gasteiger partial charge in [0.1, 0.15) is 13.4 Å². The predicted octanol–water partition coefficient (Wildman–Crippen LogP) is -0.315. The van der Waals surface area contributed by atoms with E-state index in [0.717, 1.165) is 6.42 Å². The van der Waals surface area contributed by atoms with Crippen molar-refractivity contribution in [1.29, 1.82) is 0 Å². The van der Waals surface area contributed by atoms with Crippen LogP contribution >= 0.6 is 0 Å². The average Bonchev–Trinajstić information content (AvgIpc) is 2.44. The molecule has 2 fully saturated rings. The molecule has 2 aliphatic heterocycles. The first-order valence-electron chi connectivity index (χ1n) is 3.80. The Balaban J connectivity index is 2.05. The summed E-state index contributed by atoms with van der Waals surface area (Å²) in [6, 6.07) is -0.251. The molecule has 2 aliphatic rings. The molecule has 4 heteroatoms. The van der Waals surface area contributed by atoms with Gasteiger partial charge in [-0.1, -0.05) is 0 Å². The average molecular weight is 154 g/mol. The zero-order valence-corrected chi connectivity index (χ0v) is 6.58. The highest BCUT2D eigenvalue weighted by atomic mass is 16.6. The maximum atomic E-state index is 5.63. The fourth-order valence-corrected chi connectivity index (χ4v) is 1.80. The van der Waals surface area contributed by atoms with Crippen molar-refractivity contribution >= 4 is 7.85 Å². The molecule has 2 heterocycles. The molecule has 0 aromatic rings. The van der Waals surface area contributed by atoms with Crippen LogP contribution in [-0.4, -0.2) is 45.9 Å². The van der Waals surface area contributed by atoms with Gasteiger partial charge >= 0.3 is 0 Å². The summed E-state index contributed by atoms with van der Waals surface area (Å²) in [7, 11) is 7.29. The van der Waals surface area contributed by atoms with Crippen LogP contribution in [-0.2, 0) is 14.2 Å². The van der Waals surface area contributed by atoms with E-state index in [4.69, 9.17) is 22.1 Å². The van der Waals surface area contributed by atoms with Gasteiger partial charge in [0.05, 0.1) is 19.3 Å². The summed E-state index contributed by atoms with van der Waals surface area (Å²) in [5.41, 5.74) is -0.237. The Morgan fingerprint density at radius 3 is 3.00 bits per heavy atom. The van der Waals surface area contributed by atoms with Crippen molar-refractivity contribution < 1.29 is 14.2 Å². The van der Waals surface area contributed by atoms with Crippen LogP contribution in [0.1, 0.15) is 6.42 Å². The summed E-state index contributed by atoms with van der Waals surface area (Å²) < 4.78 is 15.9. The first-order valence-corrected chi connectivity index (χ1v) is 3.80. The Kier molecular flexibility index (Phi) is 1.70. The molecule has 0 aromatic carbocycles. The smallest absolute Gasteiger partial charge is 0.117 e. The second kappa shape index (κ2) is 2.47. The lowest BCUT2D eigenvalue weighted by Crippen LogP contribution is -2.40. The molecular formula is C7H11BO3. The van der Waals surface area contributed by atoms with Crippen LogP contribution in [0.15, 0.2) is 0 Å². The molecule has 2 bridgehead atoms. The van der Waals surface area contributed by atoms with Crippen molar-refractivity contribution in [3.63, 3.8) is 0 Å². The van der Waals surface area contributed by atoms with E-state index in [1.807, 2.05) is 0 Å². The van der Waals surface area contributed by atoms with Gasteiger partial charge in [-0.15, -0.1) is 0 Å². The molecule has 0 spiro atoms. The lowest BCUT2D eigenvalue weighted by atomic mass is 9.94. The Labute approximate surface area is 67.4 Å². The van der Waals surface area contributed by atoms with Gasteiger partial charge < -0.3 is 14.2 Å².